The molecule has 0 bridgehead atoms. The van der Waals surface area contributed by atoms with Crippen LogP contribution in [0.4, 0.5) is 0 Å². The zero-order valence-corrected chi connectivity index (χ0v) is 14.1. The number of furan rings is 1. The Kier molecular flexibility index (Phi) is 4.00. The van der Waals surface area contributed by atoms with E-state index in [9.17, 15) is 0 Å². The Morgan fingerprint density at radius 2 is 2.04 bits per heavy atom. The average Bonchev–Trinajstić information content (AvgIpc) is 3.44. The molecule has 3 aromatic heterocycles. The Labute approximate surface area is 150 Å². The molecule has 4 atom stereocenters. The molecular weight excluding hydrogens is 334 g/mol. The average molecular weight is 353 g/mol. The van der Waals surface area contributed by atoms with E-state index in [2.05, 4.69) is 20.6 Å². The van der Waals surface area contributed by atoms with Gasteiger partial charge in [0.25, 0.3) is 0 Å². The van der Waals surface area contributed by atoms with Crippen molar-refractivity contribution >= 4 is 0 Å². The van der Waals surface area contributed by atoms with Gasteiger partial charge in [-0.05, 0) is 24.3 Å². The van der Waals surface area contributed by atoms with E-state index in [0.29, 0.717) is 19.8 Å². The molecule has 134 valence electrons. The minimum atomic E-state index is -0.0395. The van der Waals surface area contributed by atoms with Crippen molar-refractivity contribution in [2.24, 2.45) is 0 Å². The molecule has 5 heterocycles. The molecule has 2 aliphatic rings. The van der Waals surface area contributed by atoms with E-state index in [4.69, 9.17) is 13.9 Å². The van der Waals surface area contributed by atoms with Crippen molar-refractivity contribution < 1.29 is 13.9 Å². The van der Waals surface area contributed by atoms with Crippen LogP contribution in [0.2, 0.25) is 0 Å². The maximum atomic E-state index is 6.02. The van der Waals surface area contributed by atoms with Gasteiger partial charge in [-0.3, -0.25) is 4.98 Å². The van der Waals surface area contributed by atoms with Gasteiger partial charge in [0.1, 0.15) is 29.7 Å². The monoisotopic (exact) mass is 353 g/mol. The van der Waals surface area contributed by atoms with Gasteiger partial charge in [0.05, 0.1) is 44.0 Å². The lowest BCUT2D eigenvalue weighted by Crippen LogP contribution is -2.40. The van der Waals surface area contributed by atoms with Crippen molar-refractivity contribution in [3.63, 3.8) is 0 Å². The van der Waals surface area contributed by atoms with Crippen LogP contribution in [0.1, 0.15) is 11.8 Å². The summed E-state index contributed by atoms with van der Waals surface area (Å²) in [5.74, 6) is 0.902. The van der Waals surface area contributed by atoms with Crippen LogP contribution < -0.4 is 5.32 Å². The summed E-state index contributed by atoms with van der Waals surface area (Å²) in [6, 6.07) is 9.72. The van der Waals surface area contributed by atoms with Gasteiger partial charge in [-0.15, -0.1) is 5.10 Å². The first-order valence-electron chi connectivity index (χ1n) is 8.71. The highest BCUT2D eigenvalue weighted by atomic mass is 16.6. The molecule has 2 fully saturated rings. The van der Waals surface area contributed by atoms with E-state index in [1.165, 1.54) is 0 Å². The van der Waals surface area contributed by atoms with Gasteiger partial charge < -0.3 is 19.2 Å². The molecule has 0 aromatic carbocycles. The topological polar surface area (TPSA) is 87.2 Å². The molecule has 3 aromatic rings. The van der Waals surface area contributed by atoms with Gasteiger partial charge in [0.2, 0.25) is 0 Å². The van der Waals surface area contributed by atoms with Gasteiger partial charge in [0, 0.05) is 6.20 Å². The van der Waals surface area contributed by atoms with Crippen LogP contribution in [0.5, 0.6) is 0 Å². The zero-order chi connectivity index (χ0) is 17.3. The Balaban J connectivity index is 1.27. The van der Waals surface area contributed by atoms with Crippen molar-refractivity contribution in [2.75, 3.05) is 13.2 Å². The third-order valence-electron chi connectivity index (χ3n) is 4.92. The molecule has 0 unspecified atom stereocenters. The number of pyridine rings is 1. The molecule has 0 spiro atoms. The molecule has 0 saturated carbocycles. The summed E-state index contributed by atoms with van der Waals surface area (Å²) in [6.45, 7) is 1.82. The number of hydrogen-bond donors (Lipinski definition) is 1. The summed E-state index contributed by atoms with van der Waals surface area (Å²) < 4.78 is 19.2. The molecule has 8 heteroatoms. The second kappa shape index (κ2) is 6.64. The van der Waals surface area contributed by atoms with E-state index in [0.717, 1.165) is 17.1 Å². The Morgan fingerprint density at radius 3 is 2.88 bits per heavy atom. The number of aromatic nitrogens is 4. The summed E-state index contributed by atoms with van der Waals surface area (Å²) in [7, 11) is 0. The van der Waals surface area contributed by atoms with Crippen LogP contribution in [0.3, 0.4) is 0 Å². The fourth-order valence-corrected chi connectivity index (χ4v) is 3.60. The fourth-order valence-electron chi connectivity index (χ4n) is 3.60. The van der Waals surface area contributed by atoms with Crippen LogP contribution in [0.25, 0.3) is 11.4 Å². The van der Waals surface area contributed by atoms with Crippen LogP contribution in [0, 0.1) is 0 Å². The lowest BCUT2D eigenvalue weighted by atomic mass is 10.1. The number of nitrogens with zero attached hydrogens (tertiary/aromatic N) is 4. The molecule has 0 radical (unpaired) electrons. The van der Waals surface area contributed by atoms with Gasteiger partial charge in [-0.1, -0.05) is 11.3 Å². The highest BCUT2D eigenvalue weighted by Crippen LogP contribution is 2.34. The van der Waals surface area contributed by atoms with E-state index >= 15 is 0 Å². The van der Waals surface area contributed by atoms with Crippen molar-refractivity contribution in [1.29, 1.82) is 0 Å². The number of nitrogens with one attached hydrogen (secondary N) is 1. The second-order valence-corrected chi connectivity index (χ2v) is 6.53. The smallest absolute Gasteiger partial charge is 0.131 e. The first kappa shape index (κ1) is 15.7. The van der Waals surface area contributed by atoms with E-state index in [1.54, 1.807) is 12.5 Å². The lowest BCUT2D eigenvalue weighted by Gasteiger charge is -2.17. The predicted molar refractivity (Wildman–Crippen MR) is 91.1 cm³/mol. The number of fused-ring (bicyclic) bond motifs is 1. The molecular formula is C18H19N5O3. The molecule has 2 aliphatic heterocycles. The summed E-state index contributed by atoms with van der Waals surface area (Å²) in [6.07, 6.45) is 5.29. The standard InChI is InChI=1S/C18H19N5O3/c1-2-6-19-13(5-1)14-9-23(22-21-14)16-11-26-17-15(10-25-18(16)17)20-8-12-4-3-7-24-12/h1-7,9,15-18,20H,8,10-11H2/t15-,16+,17-,18+/m0/s1. The quantitative estimate of drug-likeness (QED) is 0.742. The van der Waals surface area contributed by atoms with E-state index in [-0.39, 0.29) is 24.3 Å². The van der Waals surface area contributed by atoms with E-state index in [1.807, 2.05) is 41.2 Å². The molecule has 2 saturated heterocycles. The van der Waals surface area contributed by atoms with Crippen molar-refractivity contribution in [3.8, 4) is 11.4 Å². The van der Waals surface area contributed by atoms with Crippen molar-refractivity contribution in [3.05, 3.63) is 54.7 Å². The number of rotatable bonds is 5. The van der Waals surface area contributed by atoms with Crippen LogP contribution in [0.15, 0.2) is 53.4 Å². The highest BCUT2D eigenvalue weighted by Gasteiger charge is 2.48. The SMILES string of the molecule is c1ccc(-c2cn([C@@H]3CO[C@@H]4[C@@H]3OC[C@@H]4NCc3ccco3)nn2)nc1. The summed E-state index contributed by atoms with van der Waals surface area (Å²) >= 11 is 0. The first-order chi connectivity index (χ1) is 12.9. The molecule has 1 N–H and O–H groups in total. The highest BCUT2D eigenvalue weighted by molar-refractivity contribution is 5.51. The van der Waals surface area contributed by atoms with Crippen molar-refractivity contribution in [1.82, 2.24) is 25.3 Å². The third-order valence-corrected chi connectivity index (χ3v) is 4.92. The van der Waals surface area contributed by atoms with Crippen molar-refractivity contribution in [2.45, 2.75) is 30.8 Å². The van der Waals surface area contributed by atoms with Gasteiger partial charge >= 0.3 is 0 Å². The van der Waals surface area contributed by atoms with Crippen LogP contribution in [-0.4, -0.2) is 51.4 Å². The summed E-state index contributed by atoms with van der Waals surface area (Å²) in [5, 5.41) is 12.0. The molecule has 0 aliphatic carbocycles. The number of hydrogen-bond acceptors (Lipinski definition) is 7. The molecule has 26 heavy (non-hydrogen) atoms. The number of ether oxygens (including phenoxy) is 2. The maximum Gasteiger partial charge on any atom is 0.131 e. The fraction of sp³-hybridized carbons (Fsp3) is 0.389. The zero-order valence-electron chi connectivity index (χ0n) is 14.1. The minimum absolute atomic E-state index is 0.00235. The van der Waals surface area contributed by atoms with Crippen LogP contribution >= 0.6 is 0 Å². The molecule has 8 nitrogen and oxygen atoms in total. The third kappa shape index (κ3) is 2.82. The molecule has 5 rings (SSSR count). The summed E-state index contributed by atoms with van der Waals surface area (Å²) in [4.78, 5) is 4.32. The van der Waals surface area contributed by atoms with Crippen LogP contribution in [-0.2, 0) is 16.0 Å². The normalized spacial score (nSPS) is 27.7. The van der Waals surface area contributed by atoms with Gasteiger partial charge in [0.15, 0.2) is 0 Å². The minimum Gasteiger partial charge on any atom is -0.468 e. The lowest BCUT2D eigenvalue weighted by molar-refractivity contribution is 0.0619. The Hall–Kier alpha value is -2.55. The van der Waals surface area contributed by atoms with E-state index < -0.39 is 0 Å². The van der Waals surface area contributed by atoms with Gasteiger partial charge in [-0.25, -0.2) is 4.68 Å². The molecule has 0 amide bonds. The predicted octanol–water partition coefficient (Wildman–Crippen LogP) is 1.43. The largest absolute Gasteiger partial charge is 0.468 e. The Bertz CT molecular complexity index is 851. The second-order valence-electron chi connectivity index (χ2n) is 6.53. The maximum absolute atomic E-state index is 6.02. The summed E-state index contributed by atoms with van der Waals surface area (Å²) in [5.41, 5.74) is 1.55. The first-order valence-corrected chi connectivity index (χ1v) is 8.71. The Morgan fingerprint density at radius 1 is 1.08 bits per heavy atom. The van der Waals surface area contributed by atoms with Gasteiger partial charge in [-0.2, -0.15) is 0 Å².